The summed E-state index contributed by atoms with van der Waals surface area (Å²) in [5.41, 5.74) is 0.161. The van der Waals surface area contributed by atoms with Crippen LogP contribution in [0.4, 0.5) is 20.6 Å². The Bertz CT molecular complexity index is 1080. The number of alkyl carbamates (subject to hydrolysis) is 1. The number of anilines is 2. The van der Waals surface area contributed by atoms with E-state index in [4.69, 9.17) is 21.1 Å². The minimum absolute atomic E-state index is 0.0642. The van der Waals surface area contributed by atoms with E-state index < -0.39 is 29.8 Å². The summed E-state index contributed by atoms with van der Waals surface area (Å²) in [7, 11) is 0. The number of hydrogen-bond donors (Lipinski definition) is 3. The average molecular weight is 513 g/mol. The maximum absolute atomic E-state index is 14.7. The lowest BCUT2D eigenvalue weighted by Gasteiger charge is -2.27. The van der Waals surface area contributed by atoms with Crippen LogP contribution in [0.25, 0.3) is 0 Å². The number of morpholine rings is 1. The van der Waals surface area contributed by atoms with Gasteiger partial charge in [0.1, 0.15) is 18.5 Å². The average Bonchev–Trinajstić information content (AvgIpc) is 3.24. The number of thiophene rings is 1. The third-order valence-corrected chi connectivity index (χ3v) is 5.87. The lowest BCUT2D eigenvalue weighted by atomic mass is 10.2. The highest BCUT2D eigenvalue weighted by Gasteiger charge is 2.25. The van der Waals surface area contributed by atoms with Gasteiger partial charge in [-0.3, -0.25) is 14.4 Å². The molecule has 0 spiro atoms. The summed E-state index contributed by atoms with van der Waals surface area (Å²) in [4.78, 5) is 50.5. The molecular formula is C21H22ClFN4O6S. The maximum atomic E-state index is 14.7. The number of halogens is 2. The molecule has 0 aliphatic carbocycles. The molecule has 3 N–H and O–H groups in total. The van der Waals surface area contributed by atoms with Gasteiger partial charge in [0.2, 0.25) is 5.91 Å². The minimum atomic E-state index is -1.22. The number of hydrogen-bond acceptors (Lipinski definition) is 7. The Kier molecular flexibility index (Phi) is 8.79. The van der Waals surface area contributed by atoms with Crippen LogP contribution >= 0.6 is 22.9 Å². The van der Waals surface area contributed by atoms with Gasteiger partial charge in [-0.25, -0.2) is 9.18 Å². The summed E-state index contributed by atoms with van der Waals surface area (Å²) in [6.45, 7) is 1.77. The number of nitrogens with zero attached hydrogens (tertiary/aromatic N) is 1. The summed E-state index contributed by atoms with van der Waals surface area (Å²) < 4.78 is 25.0. The van der Waals surface area contributed by atoms with Crippen molar-refractivity contribution in [3.8, 4) is 0 Å². The Morgan fingerprint density at radius 1 is 1.29 bits per heavy atom. The van der Waals surface area contributed by atoms with Gasteiger partial charge in [0.15, 0.2) is 0 Å². The first-order valence-electron chi connectivity index (χ1n) is 10.2. The highest BCUT2D eigenvalue weighted by Crippen LogP contribution is 2.24. The minimum Gasteiger partial charge on any atom is -0.450 e. The summed E-state index contributed by atoms with van der Waals surface area (Å²) in [5.74, 6) is -2.28. The van der Waals surface area contributed by atoms with E-state index in [1.54, 1.807) is 13.0 Å². The topological polar surface area (TPSA) is 126 Å². The largest absolute Gasteiger partial charge is 0.450 e. The fraction of sp³-hybridized carbons (Fsp3) is 0.333. The highest BCUT2D eigenvalue weighted by molar-refractivity contribution is 7.18. The van der Waals surface area contributed by atoms with E-state index >= 15 is 0 Å². The van der Waals surface area contributed by atoms with Crippen molar-refractivity contribution in [3.05, 3.63) is 45.4 Å². The Morgan fingerprint density at radius 2 is 2.09 bits per heavy atom. The van der Waals surface area contributed by atoms with E-state index in [1.807, 2.05) is 0 Å². The summed E-state index contributed by atoms with van der Waals surface area (Å²) in [6.07, 6.45) is -0.858. The van der Waals surface area contributed by atoms with Gasteiger partial charge >= 0.3 is 6.09 Å². The third kappa shape index (κ3) is 6.65. The molecule has 1 aliphatic rings. The van der Waals surface area contributed by atoms with E-state index in [1.165, 1.54) is 23.1 Å². The lowest BCUT2D eigenvalue weighted by Crippen LogP contribution is -2.50. The van der Waals surface area contributed by atoms with Gasteiger partial charge in [-0.2, -0.15) is 0 Å². The predicted octanol–water partition coefficient (Wildman–Crippen LogP) is 2.39. The van der Waals surface area contributed by atoms with Gasteiger partial charge in [-0.05, 0) is 37.3 Å². The molecule has 3 rings (SSSR count). The van der Waals surface area contributed by atoms with Crippen molar-refractivity contribution in [3.63, 3.8) is 0 Å². The highest BCUT2D eigenvalue weighted by atomic mass is 35.5. The zero-order chi connectivity index (χ0) is 24.7. The standard InChI is InChI=1S/C21H22ClFN4O6S/c1-2-33-21(31)26-14(10-24-20(30)16-5-6-17(22)34-16)19(29)25-12-3-4-15(13(23)9-12)27-7-8-32-11-18(27)28/h3-6,9,14H,2,7-8,10-11H2,1H3,(H,24,30)(H,25,29)(H,26,31)/t14-/m0/s1. The van der Waals surface area contributed by atoms with Crippen LogP contribution in [0.5, 0.6) is 0 Å². The van der Waals surface area contributed by atoms with Gasteiger partial charge < -0.3 is 30.3 Å². The van der Waals surface area contributed by atoms with Crippen LogP contribution in [-0.2, 0) is 19.1 Å². The molecule has 2 heterocycles. The number of benzene rings is 1. The van der Waals surface area contributed by atoms with E-state index in [-0.39, 0.29) is 50.2 Å². The molecule has 0 saturated carbocycles. The number of rotatable bonds is 8. The van der Waals surface area contributed by atoms with E-state index in [9.17, 15) is 23.6 Å². The number of nitrogens with one attached hydrogen (secondary N) is 3. The SMILES string of the molecule is CCOC(=O)N[C@@H](CNC(=O)c1ccc(Cl)s1)C(=O)Nc1ccc(N2CCOCC2=O)c(F)c1. The molecule has 13 heteroatoms. The quantitative estimate of drug-likeness (QED) is 0.498. The van der Waals surface area contributed by atoms with Crippen molar-refractivity contribution in [1.29, 1.82) is 0 Å². The van der Waals surface area contributed by atoms with Crippen LogP contribution in [0.2, 0.25) is 4.34 Å². The van der Waals surface area contributed by atoms with E-state index in [0.29, 0.717) is 9.21 Å². The van der Waals surface area contributed by atoms with Crippen LogP contribution in [0.1, 0.15) is 16.6 Å². The van der Waals surface area contributed by atoms with Crippen molar-refractivity contribution < 1.29 is 33.0 Å². The molecule has 2 aromatic rings. The van der Waals surface area contributed by atoms with Gasteiger partial charge in [0.05, 0.1) is 28.1 Å². The van der Waals surface area contributed by atoms with Crippen molar-refractivity contribution >= 4 is 58.1 Å². The monoisotopic (exact) mass is 512 g/mol. The predicted molar refractivity (Wildman–Crippen MR) is 124 cm³/mol. The van der Waals surface area contributed by atoms with Gasteiger partial charge in [-0.1, -0.05) is 11.6 Å². The molecule has 0 bridgehead atoms. The van der Waals surface area contributed by atoms with Gasteiger partial charge in [-0.15, -0.1) is 11.3 Å². The first-order valence-corrected chi connectivity index (χ1v) is 11.4. The molecule has 182 valence electrons. The molecular weight excluding hydrogens is 491 g/mol. The second-order valence-corrected chi connectivity index (χ2v) is 8.70. The smallest absolute Gasteiger partial charge is 0.407 e. The molecule has 1 atom stereocenters. The van der Waals surface area contributed by atoms with Crippen molar-refractivity contribution in [2.45, 2.75) is 13.0 Å². The molecule has 34 heavy (non-hydrogen) atoms. The first kappa shape index (κ1) is 25.4. The normalized spacial score (nSPS) is 14.3. The van der Waals surface area contributed by atoms with E-state index in [0.717, 1.165) is 17.4 Å². The fourth-order valence-electron chi connectivity index (χ4n) is 3.05. The Morgan fingerprint density at radius 3 is 2.74 bits per heavy atom. The molecule has 1 aromatic carbocycles. The lowest BCUT2D eigenvalue weighted by molar-refractivity contribution is -0.125. The number of amides is 4. The molecule has 0 radical (unpaired) electrons. The first-order chi connectivity index (χ1) is 16.3. The summed E-state index contributed by atoms with van der Waals surface area (Å²) in [5, 5.41) is 7.40. The second-order valence-electron chi connectivity index (χ2n) is 6.98. The van der Waals surface area contributed by atoms with Crippen molar-refractivity contribution in [1.82, 2.24) is 10.6 Å². The van der Waals surface area contributed by atoms with Crippen LogP contribution in [0.3, 0.4) is 0 Å². The number of carbonyl (C=O) groups excluding carboxylic acids is 4. The van der Waals surface area contributed by atoms with Crippen molar-refractivity contribution in [2.24, 2.45) is 0 Å². The molecule has 1 aromatic heterocycles. The van der Waals surface area contributed by atoms with Crippen LogP contribution in [0, 0.1) is 5.82 Å². The molecule has 0 unspecified atom stereocenters. The Labute approximate surface area is 203 Å². The maximum Gasteiger partial charge on any atom is 0.407 e. The molecule has 10 nitrogen and oxygen atoms in total. The van der Waals surface area contributed by atoms with Gasteiger partial charge in [0.25, 0.3) is 11.8 Å². The summed E-state index contributed by atoms with van der Waals surface area (Å²) >= 11 is 6.89. The molecule has 1 fully saturated rings. The van der Waals surface area contributed by atoms with Gasteiger partial charge in [0, 0.05) is 18.8 Å². The molecule has 1 aliphatic heterocycles. The fourth-order valence-corrected chi connectivity index (χ4v) is 4.01. The molecule has 1 saturated heterocycles. The van der Waals surface area contributed by atoms with Crippen LogP contribution in [-0.4, -0.2) is 62.8 Å². The van der Waals surface area contributed by atoms with Crippen molar-refractivity contribution in [2.75, 3.05) is 43.1 Å². The zero-order valence-electron chi connectivity index (χ0n) is 18.1. The number of ether oxygens (including phenoxy) is 2. The van der Waals surface area contributed by atoms with Crippen LogP contribution < -0.4 is 20.9 Å². The zero-order valence-corrected chi connectivity index (χ0v) is 19.6. The third-order valence-electron chi connectivity index (χ3n) is 4.64. The van der Waals surface area contributed by atoms with Crippen LogP contribution in [0.15, 0.2) is 30.3 Å². The van der Waals surface area contributed by atoms with E-state index in [2.05, 4.69) is 16.0 Å². The molecule has 4 amide bonds. The number of carbonyl (C=O) groups is 4. The second kappa shape index (κ2) is 11.8. The Balaban J connectivity index is 1.68. The Hall–Kier alpha value is -3.22. The summed E-state index contributed by atoms with van der Waals surface area (Å²) in [6, 6.07) is 5.72.